The Balaban J connectivity index is 2.56. The van der Waals surface area contributed by atoms with Gasteiger partial charge in [0.25, 0.3) is 0 Å². The fourth-order valence-electron chi connectivity index (χ4n) is 1.36. The van der Waals surface area contributed by atoms with E-state index in [4.69, 9.17) is 5.11 Å². The van der Waals surface area contributed by atoms with Gasteiger partial charge in [0, 0.05) is 0 Å². The third kappa shape index (κ3) is 1.81. The maximum absolute atomic E-state index is 13.0. The van der Waals surface area contributed by atoms with Gasteiger partial charge in [0.1, 0.15) is 0 Å². The van der Waals surface area contributed by atoms with Crippen LogP contribution in [0.5, 0.6) is 5.75 Å². The number of halogens is 2. The van der Waals surface area contributed by atoms with Crippen LogP contribution in [-0.2, 0) is 0 Å². The number of aromatic hydroxyl groups is 1. The summed E-state index contributed by atoms with van der Waals surface area (Å²) in [6, 6.07) is 11.1. The molecule has 1 N–H and O–H groups in total. The molecule has 0 radical (unpaired) electrons. The Bertz CT molecular complexity index is 457. The molecule has 0 fully saturated rings. The molecule has 0 amide bonds. The van der Waals surface area contributed by atoms with Crippen molar-refractivity contribution in [1.82, 2.24) is 0 Å². The number of hydrogen-bond acceptors (Lipinski definition) is 1. The van der Waals surface area contributed by atoms with E-state index in [-0.39, 0.29) is 0 Å². The van der Waals surface area contributed by atoms with Gasteiger partial charge in [0.05, 0.1) is 0 Å². The lowest BCUT2D eigenvalue weighted by Gasteiger charge is -2.03. The van der Waals surface area contributed by atoms with Crippen molar-refractivity contribution in [3.8, 4) is 16.9 Å². The number of phenolic OH excluding ortho intramolecular Hbond substituents is 1. The maximum Gasteiger partial charge on any atom is 0.187 e. The normalized spacial score (nSPS) is 10.3. The monoisotopic (exact) mass is 206 g/mol. The first kappa shape index (κ1) is 9.65. The van der Waals surface area contributed by atoms with E-state index in [0.29, 0.717) is 11.1 Å². The van der Waals surface area contributed by atoms with Gasteiger partial charge in [-0.15, -0.1) is 0 Å². The molecular formula is C12H8F2O. The van der Waals surface area contributed by atoms with E-state index in [1.807, 2.05) is 6.07 Å². The minimum Gasteiger partial charge on any atom is -0.503 e. The molecule has 3 heteroatoms. The van der Waals surface area contributed by atoms with E-state index in [9.17, 15) is 8.78 Å². The molecule has 0 bridgehead atoms. The zero-order chi connectivity index (χ0) is 10.8. The molecule has 0 aliphatic heterocycles. The van der Waals surface area contributed by atoms with Crippen molar-refractivity contribution in [1.29, 1.82) is 0 Å². The number of benzene rings is 2. The standard InChI is InChI=1S/C12H8F2O/c13-10-6-9(7-11(14)12(10)15)8-4-2-1-3-5-8/h1-7,15H. The second-order valence-corrected chi connectivity index (χ2v) is 3.15. The molecule has 0 aromatic heterocycles. The van der Waals surface area contributed by atoms with Crippen LogP contribution in [-0.4, -0.2) is 5.11 Å². The van der Waals surface area contributed by atoms with Crippen molar-refractivity contribution in [3.05, 3.63) is 54.1 Å². The summed E-state index contributed by atoms with van der Waals surface area (Å²) in [5, 5.41) is 8.93. The maximum atomic E-state index is 13.0. The molecule has 0 atom stereocenters. The van der Waals surface area contributed by atoms with Gasteiger partial charge in [0.15, 0.2) is 17.4 Å². The van der Waals surface area contributed by atoms with E-state index >= 15 is 0 Å². The first-order valence-corrected chi connectivity index (χ1v) is 4.42. The van der Waals surface area contributed by atoms with Crippen molar-refractivity contribution in [3.63, 3.8) is 0 Å². The number of hydrogen-bond donors (Lipinski definition) is 1. The average Bonchev–Trinajstić information content (AvgIpc) is 2.26. The predicted octanol–water partition coefficient (Wildman–Crippen LogP) is 3.34. The highest BCUT2D eigenvalue weighted by atomic mass is 19.1. The molecule has 0 unspecified atom stereocenters. The van der Waals surface area contributed by atoms with Gasteiger partial charge in [0.2, 0.25) is 0 Å². The Morgan fingerprint density at radius 3 is 1.87 bits per heavy atom. The van der Waals surface area contributed by atoms with Crippen molar-refractivity contribution in [2.24, 2.45) is 0 Å². The van der Waals surface area contributed by atoms with Crippen LogP contribution < -0.4 is 0 Å². The molecule has 2 aromatic rings. The van der Waals surface area contributed by atoms with Crippen LogP contribution in [0.2, 0.25) is 0 Å². The SMILES string of the molecule is Oc1c(F)cc(-c2ccccc2)cc1F. The van der Waals surface area contributed by atoms with Gasteiger partial charge in [-0.2, -0.15) is 0 Å². The van der Waals surface area contributed by atoms with E-state index in [1.54, 1.807) is 24.3 Å². The third-order valence-electron chi connectivity index (χ3n) is 2.12. The first-order chi connectivity index (χ1) is 7.18. The van der Waals surface area contributed by atoms with Gasteiger partial charge in [-0.3, -0.25) is 0 Å². The van der Waals surface area contributed by atoms with Crippen LogP contribution in [0, 0.1) is 11.6 Å². The molecule has 0 aliphatic carbocycles. The number of phenols is 1. The fraction of sp³-hybridized carbons (Fsp3) is 0. The van der Waals surface area contributed by atoms with E-state index in [1.165, 1.54) is 0 Å². The van der Waals surface area contributed by atoms with Crippen LogP contribution in [0.15, 0.2) is 42.5 Å². The quantitative estimate of drug-likeness (QED) is 0.758. The Labute approximate surface area is 85.6 Å². The minimum absolute atomic E-state index is 0.406. The van der Waals surface area contributed by atoms with Gasteiger partial charge in [-0.1, -0.05) is 30.3 Å². The average molecular weight is 206 g/mol. The Hall–Kier alpha value is -1.90. The lowest BCUT2D eigenvalue weighted by molar-refractivity contribution is 0.396. The molecule has 0 saturated carbocycles. The molecule has 2 rings (SSSR count). The fourth-order valence-corrected chi connectivity index (χ4v) is 1.36. The van der Waals surface area contributed by atoms with Crippen LogP contribution in [0.25, 0.3) is 11.1 Å². The van der Waals surface area contributed by atoms with Crippen LogP contribution in [0.1, 0.15) is 0 Å². The van der Waals surface area contributed by atoms with E-state index in [2.05, 4.69) is 0 Å². The summed E-state index contributed by atoms with van der Waals surface area (Å²) < 4.78 is 26.1. The van der Waals surface area contributed by atoms with Crippen LogP contribution in [0.3, 0.4) is 0 Å². The molecule has 2 aromatic carbocycles. The molecule has 0 aliphatic rings. The Morgan fingerprint density at radius 2 is 1.33 bits per heavy atom. The van der Waals surface area contributed by atoms with Crippen molar-refractivity contribution in [2.75, 3.05) is 0 Å². The van der Waals surface area contributed by atoms with E-state index < -0.39 is 17.4 Å². The zero-order valence-corrected chi connectivity index (χ0v) is 7.74. The van der Waals surface area contributed by atoms with E-state index in [0.717, 1.165) is 12.1 Å². The smallest absolute Gasteiger partial charge is 0.187 e. The lowest BCUT2D eigenvalue weighted by Crippen LogP contribution is -1.85. The highest BCUT2D eigenvalue weighted by Gasteiger charge is 2.10. The third-order valence-corrected chi connectivity index (χ3v) is 2.12. The summed E-state index contributed by atoms with van der Waals surface area (Å²) in [5.74, 6) is -2.84. The van der Waals surface area contributed by atoms with Crippen molar-refractivity contribution in [2.45, 2.75) is 0 Å². The Morgan fingerprint density at radius 1 is 0.800 bits per heavy atom. The summed E-state index contributed by atoms with van der Waals surface area (Å²) in [5.41, 5.74) is 1.11. The van der Waals surface area contributed by atoms with Gasteiger partial charge in [-0.05, 0) is 23.3 Å². The van der Waals surface area contributed by atoms with Crippen LogP contribution >= 0.6 is 0 Å². The molecule has 0 saturated heterocycles. The zero-order valence-electron chi connectivity index (χ0n) is 7.74. The summed E-state index contributed by atoms with van der Waals surface area (Å²) in [4.78, 5) is 0. The predicted molar refractivity (Wildman–Crippen MR) is 53.5 cm³/mol. The summed E-state index contributed by atoms with van der Waals surface area (Å²) in [6.45, 7) is 0. The molecule has 0 heterocycles. The molecule has 76 valence electrons. The summed E-state index contributed by atoms with van der Waals surface area (Å²) in [7, 11) is 0. The molecule has 15 heavy (non-hydrogen) atoms. The van der Waals surface area contributed by atoms with Crippen LogP contribution in [0.4, 0.5) is 8.78 Å². The second-order valence-electron chi connectivity index (χ2n) is 3.15. The van der Waals surface area contributed by atoms with Crippen molar-refractivity contribution < 1.29 is 13.9 Å². The highest BCUT2D eigenvalue weighted by molar-refractivity contribution is 5.64. The largest absolute Gasteiger partial charge is 0.503 e. The van der Waals surface area contributed by atoms with Gasteiger partial charge in [-0.25, -0.2) is 8.78 Å². The van der Waals surface area contributed by atoms with Gasteiger partial charge >= 0.3 is 0 Å². The molecule has 0 spiro atoms. The first-order valence-electron chi connectivity index (χ1n) is 4.42. The summed E-state index contributed by atoms with van der Waals surface area (Å²) >= 11 is 0. The number of rotatable bonds is 1. The summed E-state index contributed by atoms with van der Waals surface area (Å²) in [6.07, 6.45) is 0. The lowest BCUT2D eigenvalue weighted by atomic mass is 10.1. The Kier molecular flexibility index (Phi) is 2.37. The van der Waals surface area contributed by atoms with Gasteiger partial charge < -0.3 is 5.11 Å². The minimum atomic E-state index is -0.950. The van der Waals surface area contributed by atoms with Crippen molar-refractivity contribution >= 4 is 0 Å². The second kappa shape index (κ2) is 3.69. The molecule has 1 nitrogen and oxygen atoms in total. The topological polar surface area (TPSA) is 20.2 Å². The molecular weight excluding hydrogens is 198 g/mol. The highest BCUT2D eigenvalue weighted by Crippen LogP contribution is 2.27.